The molecule has 0 aliphatic rings. The molecule has 2 aromatic rings. The minimum atomic E-state index is -4.39. The zero-order chi connectivity index (χ0) is 15.5. The first kappa shape index (κ1) is 15.4. The minimum Gasteiger partial charge on any atom is -0.303 e. The van der Waals surface area contributed by atoms with Crippen molar-refractivity contribution in [2.75, 3.05) is 0 Å². The third-order valence-electron chi connectivity index (χ3n) is 2.92. The fourth-order valence-electron chi connectivity index (χ4n) is 1.72. The minimum absolute atomic E-state index is 0.246. The molecule has 0 bridgehead atoms. The molecule has 2 rings (SSSR count). The fourth-order valence-corrected chi connectivity index (χ4v) is 1.72. The SMILES string of the molecule is CC(NCc1ccc(C(F)(F)F)cn1)c1cccc(F)n1. The molecule has 0 saturated carbocycles. The average molecular weight is 299 g/mol. The topological polar surface area (TPSA) is 37.8 Å². The predicted octanol–water partition coefficient (Wildman–Crippen LogP) is 3.49. The normalized spacial score (nSPS) is 13.2. The molecule has 0 radical (unpaired) electrons. The maximum absolute atomic E-state index is 13.0. The van der Waals surface area contributed by atoms with Crippen LogP contribution in [0.15, 0.2) is 36.5 Å². The van der Waals surface area contributed by atoms with Crippen molar-refractivity contribution < 1.29 is 17.6 Å². The molecule has 3 nitrogen and oxygen atoms in total. The van der Waals surface area contributed by atoms with E-state index >= 15 is 0 Å². The van der Waals surface area contributed by atoms with E-state index in [4.69, 9.17) is 0 Å². The molecular formula is C14H13F4N3. The highest BCUT2D eigenvalue weighted by molar-refractivity contribution is 5.17. The molecule has 0 fully saturated rings. The standard InChI is InChI=1S/C14H13F4N3/c1-9(12-3-2-4-13(15)21-12)19-8-11-6-5-10(7-20-11)14(16,17)18/h2-7,9,19H,8H2,1H3. The van der Waals surface area contributed by atoms with Gasteiger partial charge in [0.2, 0.25) is 5.95 Å². The number of nitrogens with one attached hydrogen (secondary N) is 1. The van der Waals surface area contributed by atoms with Gasteiger partial charge in [-0.15, -0.1) is 0 Å². The molecule has 0 aliphatic carbocycles. The second-order valence-corrected chi connectivity index (χ2v) is 4.52. The lowest BCUT2D eigenvalue weighted by molar-refractivity contribution is -0.137. The first-order chi connectivity index (χ1) is 9.86. The van der Waals surface area contributed by atoms with E-state index in [1.54, 1.807) is 19.1 Å². The van der Waals surface area contributed by atoms with Crippen LogP contribution in [-0.4, -0.2) is 9.97 Å². The van der Waals surface area contributed by atoms with E-state index in [1.807, 2.05) is 0 Å². The van der Waals surface area contributed by atoms with Crippen molar-refractivity contribution in [3.05, 3.63) is 59.4 Å². The van der Waals surface area contributed by atoms with E-state index in [-0.39, 0.29) is 12.6 Å². The molecule has 112 valence electrons. The number of rotatable bonds is 4. The van der Waals surface area contributed by atoms with Gasteiger partial charge in [0.1, 0.15) is 0 Å². The lowest BCUT2D eigenvalue weighted by atomic mass is 10.2. The van der Waals surface area contributed by atoms with Gasteiger partial charge in [0.15, 0.2) is 0 Å². The van der Waals surface area contributed by atoms with Crippen LogP contribution in [0.2, 0.25) is 0 Å². The summed E-state index contributed by atoms with van der Waals surface area (Å²) in [6.07, 6.45) is -3.60. The maximum Gasteiger partial charge on any atom is 0.417 e. The van der Waals surface area contributed by atoms with Crippen LogP contribution in [-0.2, 0) is 12.7 Å². The number of hydrogen-bond acceptors (Lipinski definition) is 3. The Bertz CT molecular complexity index is 596. The number of alkyl halides is 3. The Morgan fingerprint density at radius 1 is 1.19 bits per heavy atom. The highest BCUT2D eigenvalue weighted by Gasteiger charge is 2.30. The second-order valence-electron chi connectivity index (χ2n) is 4.52. The number of aromatic nitrogens is 2. The van der Waals surface area contributed by atoms with Gasteiger partial charge in [0.25, 0.3) is 0 Å². The molecule has 7 heteroatoms. The Labute approximate surface area is 119 Å². The summed E-state index contributed by atoms with van der Waals surface area (Å²) in [7, 11) is 0. The van der Waals surface area contributed by atoms with Crippen LogP contribution in [0.5, 0.6) is 0 Å². The van der Waals surface area contributed by atoms with Gasteiger partial charge in [-0.1, -0.05) is 6.07 Å². The molecule has 0 spiro atoms. The van der Waals surface area contributed by atoms with Gasteiger partial charge in [0.05, 0.1) is 17.0 Å². The van der Waals surface area contributed by atoms with Crippen molar-refractivity contribution in [1.29, 1.82) is 0 Å². The van der Waals surface area contributed by atoms with Crippen LogP contribution in [0.3, 0.4) is 0 Å². The van der Waals surface area contributed by atoms with Gasteiger partial charge in [-0.05, 0) is 31.2 Å². The lowest BCUT2D eigenvalue weighted by Crippen LogP contribution is -2.20. The molecular weight excluding hydrogens is 286 g/mol. The molecule has 0 amide bonds. The van der Waals surface area contributed by atoms with Crippen molar-refractivity contribution in [1.82, 2.24) is 15.3 Å². The van der Waals surface area contributed by atoms with Crippen LogP contribution in [0.4, 0.5) is 17.6 Å². The molecule has 1 N–H and O–H groups in total. The van der Waals surface area contributed by atoms with Crippen LogP contribution in [0.1, 0.15) is 29.9 Å². The van der Waals surface area contributed by atoms with Gasteiger partial charge in [0, 0.05) is 18.8 Å². The summed E-state index contributed by atoms with van der Waals surface area (Å²) in [5.74, 6) is -0.575. The van der Waals surface area contributed by atoms with Crippen molar-refractivity contribution in [2.45, 2.75) is 25.7 Å². The first-order valence-corrected chi connectivity index (χ1v) is 6.24. The van der Waals surface area contributed by atoms with Gasteiger partial charge >= 0.3 is 6.18 Å². The first-order valence-electron chi connectivity index (χ1n) is 6.24. The number of halogens is 4. The van der Waals surface area contributed by atoms with Crippen molar-refractivity contribution in [3.63, 3.8) is 0 Å². The molecule has 1 atom stereocenters. The van der Waals surface area contributed by atoms with Crippen molar-refractivity contribution in [3.8, 4) is 0 Å². The monoisotopic (exact) mass is 299 g/mol. The average Bonchev–Trinajstić information content (AvgIpc) is 2.44. The van der Waals surface area contributed by atoms with E-state index in [1.165, 1.54) is 12.1 Å². The summed E-state index contributed by atoms with van der Waals surface area (Å²) in [5, 5.41) is 3.03. The summed E-state index contributed by atoms with van der Waals surface area (Å²) >= 11 is 0. The van der Waals surface area contributed by atoms with E-state index in [0.29, 0.717) is 11.4 Å². The third kappa shape index (κ3) is 4.22. The predicted molar refractivity (Wildman–Crippen MR) is 68.7 cm³/mol. The Hall–Kier alpha value is -2.02. The fraction of sp³-hybridized carbons (Fsp3) is 0.286. The molecule has 0 aliphatic heterocycles. The zero-order valence-electron chi connectivity index (χ0n) is 11.2. The Balaban J connectivity index is 1.97. The van der Waals surface area contributed by atoms with E-state index in [0.717, 1.165) is 12.3 Å². The summed E-state index contributed by atoms with van der Waals surface area (Å²) < 4.78 is 50.2. The van der Waals surface area contributed by atoms with E-state index in [2.05, 4.69) is 15.3 Å². The molecule has 2 heterocycles. The molecule has 0 aromatic carbocycles. The quantitative estimate of drug-likeness (QED) is 0.694. The van der Waals surface area contributed by atoms with Gasteiger partial charge in [-0.3, -0.25) is 4.98 Å². The number of nitrogens with zero attached hydrogens (tertiary/aromatic N) is 2. The van der Waals surface area contributed by atoms with Crippen LogP contribution in [0, 0.1) is 5.95 Å². The largest absolute Gasteiger partial charge is 0.417 e. The third-order valence-corrected chi connectivity index (χ3v) is 2.92. The Morgan fingerprint density at radius 3 is 2.52 bits per heavy atom. The van der Waals surface area contributed by atoms with Crippen molar-refractivity contribution in [2.24, 2.45) is 0 Å². The van der Waals surface area contributed by atoms with Crippen LogP contribution >= 0.6 is 0 Å². The van der Waals surface area contributed by atoms with Crippen molar-refractivity contribution >= 4 is 0 Å². The number of hydrogen-bond donors (Lipinski definition) is 1. The van der Waals surface area contributed by atoms with Gasteiger partial charge in [-0.2, -0.15) is 17.6 Å². The summed E-state index contributed by atoms with van der Waals surface area (Å²) in [6.45, 7) is 2.04. The molecule has 21 heavy (non-hydrogen) atoms. The van der Waals surface area contributed by atoms with Crippen LogP contribution < -0.4 is 5.32 Å². The zero-order valence-corrected chi connectivity index (χ0v) is 11.2. The van der Waals surface area contributed by atoms with Gasteiger partial charge in [-0.25, -0.2) is 4.98 Å². The van der Waals surface area contributed by atoms with E-state index in [9.17, 15) is 17.6 Å². The van der Waals surface area contributed by atoms with Crippen LogP contribution in [0.25, 0.3) is 0 Å². The Morgan fingerprint density at radius 2 is 1.95 bits per heavy atom. The Kier molecular flexibility index (Phi) is 4.52. The highest BCUT2D eigenvalue weighted by Crippen LogP contribution is 2.28. The van der Waals surface area contributed by atoms with Gasteiger partial charge < -0.3 is 5.32 Å². The lowest BCUT2D eigenvalue weighted by Gasteiger charge is -2.13. The maximum atomic E-state index is 13.0. The smallest absolute Gasteiger partial charge is 0.303 e. The summed E-state index contributed by atoms with van der Waals surface area (Å²) in [4.78, 5) is 7.48. The molecule has 2 aromatic heterocycles. The summed E-state index contributed by atoms with van der Waals surface area (Å²) in [5.41, 5.74) is 0.194. The van der Waals surface area contributed by atoms with E-state index < -0.39 is 17.7 Å². The summed E-state index contributed by atoms with van der Waals surface area (Å²) in [6, 6.07) is 6.50. The second kappa shape index (κ2) is 6.17. The number of pyridine rings is 2. The molecule has 1 unspecified atom stereocenters. The molecule has 0 saturated heterocycles. The highest BCUT2D eigenvalue weighted by atomic mass is 19.4.